The number of benzene rings is 3. The average Bonchev–Trinajstić information content (AvgIpc) is 3.03. The maximum absolute atomic E-state index is 14.2. The van der Waals surface area contributed by atoms with Gasteiger partial charge in [0.2, 0.25) is 11.8 Å². The van der Waals surface area contributed by atoms with Crippen LogP contribution in [0.5, 0.6) is 17.2 Å². The highest BCUT2D eigenvalue weighted by atomic mass is 32.2. The minimum absolute atomic E-state index is 0.0870. The van der Waals surface area contributed by atoms with Crippen molar-refractivity contribution in [1.82, 2.24) is 10.2 Å². The van der Waals surface area contributed by atoms with E-state index in [-0.39, 0.29) is 34.8 Å². The van der Waals surface area contributed by atoms with E-state index >= 15 is 0 Å². The van der Waals surface area contributed by atoms with E-state index in [4.69, 9.17) is 14.2 Å². The molecule has 2 atom stereocenters. The summed E-state index contributed by atoms with van der Waals surface area (Å²) in [5.74, 6) is 0.330. The van der Waals surface area contributed by atoms with E-state index in [0.29, 0.717) is 24.5 Å². The van der Waals surface area contributed by atoms with E-state index < -0.39 is 28.5 Å². The van der Waals surface area contributed by atoms with Crippen molar-refractivity contribution in [3.63, 3.8) is 0 Å². The molecule has 0 saturated carbocycles. The van der Waals surface area contributed by atoms with E-state index in [1.807, 2.05) is 58.0 Å². The lowest BCUT2D eigenvalue weighted by molar-refractivity contribution is -0.140. The standard InChI is InChI=1S/C33H43N3O7S/c1-7-24(4)34-33(38)29(8-2)35(22-25-13-11-10-12-14-25)32(37)23-36(26-15-17-27(18-16-26)43-9-3)44(39,40)28-19-20-30(41-5)31(21-28)42-6/h10-21,24,29H,7-9,22-23H2,1-6H3,(H,34,38)/t24-,29+/m0/s1. The summed E-state index contributed by atoms with van der Waals surface area (Å²) < 4.78 is 45.7. The smallest absolute Gasteiger partial charge is 0.264 e. The number of anilines is 1. The lowest BCUT2D eigenvalue weighted by Gasteiger charge is -2.33. The van der Waals surface area contributed by atoms with E-state index in [9.17, 15) is 18.0 Å². The van der Waals surface area contributed by atoms with Gasteiger partial charge in [-0.2, -0.15) is 0 Å². The summed E-state index contributed by atoms with van der Waals surface area (Å²) in [5.41, 5.74) is 1.07. The number of nitrogens with one attached hydrogen (secondary N) is 1. The largest absolute Gasteiger partial charge is 0.494 e. The summed E-state index contributed by atoms with van der Waals surface area (Å²) in [5, 5.41) is 2.98. The molecule has 0 heterocycles. The quantitative estimate of drug-likeness (QED) is 0.238. The Morgan fingerprint density at radius 1 is 0.864 bits per heavy atom. The molecule has 0 bridgehead atoms. The maximum atomic E-state index is 14.2. The number of carbonyl (C=O) groups is 2. The van der Waals surface area contributed by atoms with Crippen LogP contribution in [-0.2, 0) is 26.2 Å². The van der Waals surface area contributed by atoms with Crippen LogP contribution in [0, 0.1) is 0 Å². The Kier molecular flexibility index (Phi) is 12.5. The SMILES string of the molecule is CCOc1ccc(N(CC(=O)N(Cc2ccccc2)[C@H](CC)C(=O)N[C@@H](C)CC)S(=O)(=O)c2ccc(OC)c(OC)c2)cc1. The molecule has 11 heteroatoms. The summed E-state index contributed by atoms with van der Waals surface area (Å²) in [7, 11) is -1.43. The van der Waals surface area contributed by atoms with Crippen LogP contribution in [-0.4, -0.2) is 64.6 Å². The third-order valence-electron chi connectivity index (χ3n) is 7.24. The number of nitrogens with zero attached hydrogens (tertiary/aromatic N) is 2. The fourth-order valence-electron chi connectivity index (χ4n) is 4.65. The Hall–Kier alpha value is -4.25. The predicted molar refractivity (Wildman–Crippen MR) is 171 cm³/mol. The van der Waals surface area contributed by atoms with Gasteiger partial charge in [0.25, 0.3) is 10.0 Å². The minimum atomic E-state index is -4.30. The molecule has 238 valence electrons. The van der Waals surface area contributed by atoms with Crippen LogP contribution >= 0.6 is 0 Å². The molecule has 0 radical (unpaired) electrons. The van der Waals surface area contributed by atoms with Gasteiger partial charge in [0.15, 0.2) is 11.5 Å². The first-order chi connectivity index (χ1) is 21.1. The first kappa shape index (κ1) is 34.2. The molecule has 0 saturated heterocycles. The van der Waals surface area contributed by atoms with Gasteiger partial charge in [-0.1, -0.05) is 44.2 Å². The summed E-state index contributed by atoms with van der Waals surface area (Å²) in [6.45, 7) is 7.56. The first-order valence-electron chi connectivity index (χ1n) is 14.7. The number of carbonyl (C=O) groups excluding carboxylic acids is 2. The minimum Gasteiger partial charge on any atom is -0.494 e. The van der Waals surface area contributed by atoms with Crippen LogP contribution in [0.15, 0.2) is 77.7 Å². The zero-order valence-electron chi connectivity index (χ0n) is 26.3. The molecule has 0 aliphatic carbocycles. The third-order valence-corrected chi connectivity index (χ3v) is 9.01. The highest BCUT2D eigenvalue weighted by Gasteiger charge is 2.34. The van der Waals surface area contributed by atoms with Crippen molar-refractivity contribution in [1.29, 1.82) is 0 Å². The lowest BCUT2D eigenvalue weighted by atomic mass is 10.1. The molecule has 0 aliphatic rings. The Balaban J connectivity index is 2.10. The normalized spacial score (nSPS) is 12.5. The Labute approximate surface area is 261 Å². The van der Waals surface area contributed by atoms with Crippen molar-refractivity contribution < 1.29 is 32.2 Å². The number of amides is 2. The van der Waals surface area contributed by atoms with Crippen LogP contribution < -0.4 is 23.8 Å². The molecule has 44 heavy (non-hydrogen) atoms. The van der Waals surface area contributed by atoms with Crippen molar-refractivity contribution in [3.05, 3.63) is 78.4 Å². The summed E-state index contributed by atoms with van der Waals surface area (Å²) >= 11 is 0. The predicted octanol–water partition coefficient (Wildman–Crippen LogP) is 5.02. The third kappa shape index (κ3) is 8.43. The zero-order chi connectivity index (χ0) is 32.3. The van der Waals surface area contributed by atoms with Gasteiger partial charge in [0, 0.05) is 18.7 Å². The molecule has 3 aromatic rings. The second-order valence-corrected chi connectivity index (χ2v) is 12.1. The highest BCUT2D eigenvalue weighted by molar-refractivity contribution is 7.92. The summed E-state index contributed by atoms with van der Waals surface area (Å²) in [4.78, 5) is 29.0. The Bertz CT molecular complexity index is 1480. The number of methoxy groups -OCH3 is 2. The fourth-order valence-corrected chi connectivity index (χ4v) is 6.08. The van der Waals surface area contributed by atoms with E-state index in [0.717, 1.165) is 16.3 Å². The summed E-state index contributed by atoms with van der Waals surface area (Å²) in [6.07, 6.45) is 1.07. The van der Waals surface area contributed by atoms with Crippen molar-refractivity contribution in [2.24, 2.45) is 0 Å². The van der Waals surface area contributed by atoms with Gasteiger partial charge in [-0.3, -0.25) is 13.9 Å². The van der Waals surface area contributed by atoms with Gasteiger partial charge in [0.1, 0.15) is 18.3 Å². The molecule has 0 unspecified atom stereocenters. The number of ether oxygens (including phenoxy) is 3. The molecule has 0 fully saturated rings. The Morgan fingerprint density at radius 3 is 2.09 bits per heavy atom. The van der Waals surface area contributed by atoms with E-state index in [1.54, 1.807) is 24.3 Å². The van der Waals surface area contributed by atoms with Gasteiger partial charge < -0.3 is 24.4 Å². The number of hydrogen-bond acceptors (Lipinski definition) is 7. The molecule has 2 amide bonds. The second kappa shape index (κ2) is 16.0. The molecule has 0 aromatic heterocycles. The van der Waals surface area contributed by atoms with Crippen LogP contribution in [0.2, 0.25) is 0 Å². The maximum Gasteiger partial charge on any atom is 0.264 e. The summed E-state index contributed by atoms with van der Waals surface area (Å²) in [6, 6.07) is 19.1. The molecule has 0 aliphatic heterocycles. The Morgan fingerprint density at radius 2 is 1.52 bits per heavy atom. The average molecular weight is 626 g/mol. The number of hydrogen-bond donors (Lipinski definition) is 1. The molecule has 0 spiro atoms. The highest BCUT2D eigenvalue weighted by Crippen LogP contribution is 2.33. The van der Waals surface area contributed by atoms with E-state index in [1.165, 1.54) is 37.3 Å². The topological polar surface area (TPSA) is 114 Å². The molecule has 1 N–H and O–H groups in total. The van der Waals surface area contributed by atoms with Gasteiger partial charge >= 0.3 is 0 Å². The van der Waals surface area contributed by atoms with Crippen LogP contribution in [0.4, 0.5) is 5.69 Å². The van der Waals surface area contributed by atoms with Crippen molar-refractivity contribution >= 4 is 27.5 Å². The van der Waals surface area contributed by atoms with Gasteiger partial charge in [-0.25, -0.2) is 8.42 Å². The number of sulfonamides is 1. The monoisotopic (exact) mass is 625 g/mol. The van der Waals surface area contributed by atoms with Crippen LogP contribution in [0.25, 0.3) is 0 Å². The number of rotatable bonds is 16. The first-order valence-corrected chi connectivity index (χ1v) is 16.1. The second-order valence-electron chi connectivity index (χ2n) is 10.2. The van der Waals surface area contributed by atoms with Crippen LogP contribution in [0.1, 0.15) is 46.1 Å². The molecular weight excluding hydrogens is 582 g/mol. The molecule has 3 aromatic carbocycles. The lowest BCUT2D eigenvalue weighted by Crippen LogP contribution is -2.53. The van der Waals surface area contributed by atoms with Crippen molar-refractivity contribution in [3.8, 4) is 17.2 Å². The molecular formula is C33H43N3O7S. The van der Waals surface area contributed by atoms with E-state index in [2.05, 4.69) is 5.32 Å². The zero-order valence-corrected chi connectivity index (χ0v) is 27.1. The van der Waals surface area contributed by atoms with Gasteiger partial charge in [-0.15, -0.1) is 0 Å². The van der Waals surface area contributed by atoms with Crippen LogP contribution in [0.3, 0.4) is 0 Å². The molecule has 10 nitrogen and oxygen atoms in total. The van der Waals surface area contributed by atoms with Gasteiger partial charge in [0.05, 0.1) is 31.4 Å². The van der Waals surface area contributed by atoms with Crippen molar-refractivity contribution in [2.45, 2.75) is 64.1 Å². The van der Waals surface area contributed by atoms with Crippen molar-refractivity contribution in [2.75, 3.05) is 31.7 Å². The van der Waals surface area contributed by atoms with Gasteiger partial charge in [-0.05, 0) is 68.7 Å². The fraction of sp³-hybridized carbons (Fsp3) is 0.394. The molecule has 3 rings (SSSR count).